The minimum Gasteiger partial charge on any atom is -0.395 e. The zero-order valence-electron chi connectivity index (χ0n) is 10.4. The average Bonchev–Trinajstić information content (AvgIpc) is 2.34. The maximum Gasteiger partial charge on any atom is 0.277 e. The van der Waals surface area contributed by atoms with Crippen LogP contribution in [0.3, 0.4) is 0 Å². The molecular formula is C11H17N3O4. The monoisotopic (exact) mass is 255 g/mol. The van der Waals surface area contributed by atoms with Crippen LogP contribution >= 0.6 is 0 Å². The molecule has 1 amide bonds. The van der Waals surface area contributed by atoms with Crippen LogP contribution < -0.4 is 5.56 Å². The molecule has 7 heteroatoms. The summed E-state index contributed by atoms with van der Waals surface area (Å²) in [6.45, 7) is 3.00. The number of nitrogens with one attached hydrogen (secondary N) is 1. The summed E-state index contributed by atoms with van der Waals surface area (Å²) in [5, 5.41) is 23.8. The third-order valence-electron chi connectivity index (χ3n) is 2.71. The number of amides is 1. The van der Waals surface area contributed by atoms with Crippen molar-refractivity contribution in [1.82, 2.24) is 15.1 Å². The molecule has 0 spiro atoms. The van der Waals surface area contributed by atoms with Gasteiger partial charge in [-0.2, -0.15) is 5.10 Å². The highest BCUT2D eigenvalue weighted by Gasteiger charge is 2.21. The fourth-order valence-corrected chi connectivity index (χ4v) is 1.60. The van der Waals surface area contributed by atoms with Crippen molar-refractivity contribution in [2.24, 2.45) is 0 Å². The SMILES string of the molecule is Cc1n[nH]c(=O)c(C(=O)N(CCO)CCO)c1C. The van der Waals surface area contributed by atoms with Gasteiger partial charge in [0.25, 0.3) is 11.5 Å². The van der Waals surface area contributed by atoms with E-state index in [9.17, 15) is 9.59 Å². The van der Waals surface area contributed by atoms with E-state index in [1.54, 1.807) is 13.8 Å². The molecule has 0 unspecified atom stereocenters. The largest absolute Gasteiger partial charge is 0.395 e. The number of hydrogen-bond donors (Lipinski definition) is 3. The van der Waals surface area contributed by atoms with Crippen LogP contribution in [0.4, 0.5) is 0 Å². The molecule has 7 nitrogen and oxygen atoms in total. The molecule has 0 aliphatic heterocycles. The maximum atomic E-state index is 12.2. The average molecular weight is 255 g/mol. The minimum atomic E-state index is -0.566. The lowest BCUT2D eigenvalue weighted by atomic mass is 10.1. The topological polar surface area (TPSA) is 107 Å². The molecule has 1 rings (SSSR count). The molecule has 0 bridgehead atoms. The van der Waals surface area contributed by atoms with Crippen molar-refractivity contribution in [3.05, 3.63) is 27.2 Å². The number of carbonyl (C=O) groups excluding carboxylic acids is 1. The van der Waals surface area contributed by atoms with Gasteiger partial charge < -0.3 is 15.1 Å². The molecule has 0 aromatic carbocycles. The fraction of sp³-hybridized carbons (Fsp3) is 0.545. The summed E-state index contributed by atoms with van der Waals surface area (Å²) < 4.78 is 0. The Bertz CT molecular complexity index is 478. The van der Waals surface area contributed by atoms with Crippen LogP contribution in [0.2, 0.25) is 0 Å². The van der Waals surface area contributed by atoms with Crippen molar-refractivity contribution in [3.63, 3.8) is 0 Å². The van der Waals surface area contributed by atoms with Gasteiger partial charge in [-0.05, 0) is 19.4 Å². The number of hydrogen-bond acceptors (Lipinski definition) is 5. The first-order valence-electron chi connectivity index (χ1n) is 5.59. The van der Waals surface area contributed by atoms with E-state index < -0.39 is 11.5 Å². The van der Waals surface area contributed by atoms with Gasteiger partial charge in [0.2, 0.25) is 0 Å². The van der Waals surface area contributed by atoms with Gasteiger partial charge in [-0.15, -0.1) is 0 Å². The lowest BCUT2D eigenvalue weighted by molar-refractivity contribution is 0.0682. The Labute approximate surface area is 104 Å². The molecule has 1 aromatic heterocycles. The molecule has 1 heterocycles. The molecule has 0 aliphatic rings. The molecule has 0 saturated carbocycles. The third kappa shape index (κ3) is 2.93. The van der Waals surface area contributed by atoms with Gasteiger partial charge in [0.15, 0.2) is 0 Å². The molecule has 100 valence electrons. The van der Waals surface area contributed by atoms with Crippen molar-refractivity contribution >= 4 is 5.91 Å². The Morgan fingerprint density at radius 1 is 1.28 bits per heavy atom. The van der Waals surface area contributed by atoms with Crippen LogP contribution in [0, 0.1) is 13.8 Å². The second kappa shape index (κ2) is 6.27. The van der Waals surface area contributed by atoms with Crippen LogP contribution in [-0.4, -0.2) is 57.5 Å². The molecule has 0 radical (unpaired) electrons. The second-order valence-corrected chi connectivity index (χ2v) is 3.88. The number of aromatic nitrogens is 2. The summed E-state index contributed by atoms with van der Waals surface area (Å²) in [5.74, 6) is -0.512. The summed E-state index contributed by atoms with van der Waals surface area (Å²) in [5.41, 5.74) is 0.504. The molecule has 0 saturated heterocycles. The Hall–Kier alpha value is -1.73. The van der Waals surface area contributed by atoms with Crippen LogP contribution in [0.5, 0.6) is 0 Å². The van der Waals surface area contributed by atoms with Gasteiger partial charge in [0.05, 0.1) is 18.9 Å². The summed E-state index contributed by atoms with van der Waals surface area (Å²) in [6, 6.07) is 0. The molecule has 3 N–H and O–H groups in total. The van der Waals surface area contributed by atoms with Crippen molar-refractivity contribution in [2.45, 2.75) is 13.8 Å². The van der Waals surface area contributed by atoms with Crippen molar-refractivity contribution in [1.29, 1.82) is 0 Å². The first-order valence-corrected chi connectivity index (χ1v) is 5.59. The van der Waals surface area contributed by atoms with Crippen molar-refractivity contribution in [3.8, 4) is 0 Å². The van der Waals surface area contributed by atoms with Gasteiger partial charge in [0, 0.05) is 13.1 Å². The van der Waals surface area contributed by atoms with Gasteiger partial charge in [0.1, 0.15) is 5.56 Å². The number of aliphatic hydroxyl groups is 2. The predicted octanol–water partition coefficient (Wildman–Crippen LogP) is -1.19. The predicted molar refractivity (Wildman–Crippen MR) is 64.4 cm³/mol. The third-order valence-corrected chi connectivity index (χ3v) is 2.71. The zero-order valence-corrected chi connectivity index (χ0v) is 10.4. The smallest absolute Gasteiger partial charge is 0.277 e. The molecule has 18 heavy (non-hydrogen) atoms. The highest BCUT2D eigenvalue weighted by atomic mass is 16.3. The number of aromatic amines is 1. The number of nitrogens with zero attached hydrogens (tertiary/aromatic N) is 2. The number of H-pyrrole nitrogens is 1. The number of aliphatic hydroxyl groups excluding tert-OH is 2. The number of aryl methyl sites for hydroxylation is 1. The lowest BCUT2D eigenvalue weighted by Gasteiger charge is -2.21. The fourth-order valence-electron chi connectivity index (χ4n) is 1.60. The number of rotatable bonds is 5. The lowest BCUT2D eigenvalue weighted by Crippen LogP contribution is -2.39. The highest BCUT2D eigenvalue weighted by Crippen LogP contribution is 2.08. The van der Waals surface area contributed by atoms with Gasteiger partial charge in [-0.25, -0.2) is 5.10 Å². The molecule has 0 atom stereocenters. The second-order valence-electron chi connectivity index (χ2n) is 3.88. The highest BCUT2D eigenvalue weighted by molar-refractivity contribution is 5.95. The van der Waals surface area contributed by atoms with Crippen molar-refractivity contribution < 1.29 is 15.0 Å². The Morgan fingerprint density at radius 2 is 1.83 bits per heavy atom. The zero-order chi connectivity index (χ0) is 13.7. The van der Waals surface area contributed by atoms with E-state index in [-0.39, 0.29) is 31.9 Å². The van der Waals surface area contributed by atoms with E-state index in [4.69, 9.17) is 10.2 Å². The van der Waals surface area contributed by atoms with Crippen LogP contribution in [0.15, 0.2) is 4.79 Å². The molecule has 1 aromatic rings. The van der Waals surface area contributed by atoms with E-state index >= 15 is 0 Å². The standard InChI is InChI=1S/C11H17N3O4/c1-7-8(2)12-13-10(17)9(7)11(18)14(3-5-15)4-6-16/h15-16H,3-6H2,1-2H3,(H,13,17). The molecule has 0 aliphatic carbocycles. The van der Waals surface area contributed by atoms with E-state index in [1.165, 1.54) is 4.90 Å². The quantitative estimate of drug-likeness (QED) is 0.613. The maximum absolute atomic E-state index is 12.2. The van der Waals surface area contributed by atoms with E-state index in [1.807, 2.05) is 0 Å². The normalized spacial score (nSPS) is 10.4. The van der Waals surface area contributed by atoms with Gasteiger partial charge in [-0.1, -0.05) is 0 Å². The van der Waals surface area contributed by atoms with Crippen LogP contribution in [-0.2, 0) is 0 Å². The van der Waals surface area contributed by atoms with Gasteiger partial charge >= 0.3 is 0 Å². The minimum absolute atomic E-state index is 0.00407. The Morgan fingerprint density at radius 3 is 2.33 bits per heavy atom. The summed E-state index contributed by atoms with van der Waals surface area (Å²) in [6.07, 6.45) is 0. The Balaban J connectivity index is 3.16. The van der Waals surface area contributed by atoms with E-state index in [0.717, 1.165) is 0 Å². The van der Waals surface area contributed by atoms with Gasteiger partial charge in [-0.3, -0.25) is 9.59 Å². The Kier molecular flexibility index (Phi) is 4.99. The summed E-state index contributed by atoms with van der Waals surface area (Å²) in [7, 11) is 0. The van der Waals surface area contributed by atoms with Crippen LogP contribution in [0.25, 0.3) is 0 Å². The molecular weight excluding hydrogens is 238 g/mol. The first kappa shape index (κ1) is 14.3. The first-order chi connectivity index (χ1) is 8.52. The van der Waals surface area contributed by atoms with Crippen molar-refractivity contribution in [2.75, 3.05) is 26.3 Å². The van der Waals surface area contributed by atoms with E-state index in [0.29, 0.717) is 11.3 Å². The summed E-state index contributed by atoms with van der Waals surface area (Å²) in [4.78, 5) is 25.1. The summed E-state index contributed by atoms with van der Waals surface area (Å²) >= 11 is 0. The number of carbonyl (C=O) groups is 1. The molecule has 0 fully saturated rings. The van der Waals surface area contributed by atoms with Crippen LogP contribution in [0.1, 0.15) is 21.6 Å². The van der Waals surface area contributed by atoms with E-state index in [2.05, 4.69) is 10.2 Å².